The molecule has 0 saturated heterocycles. The lowest BCUT2D eigenvalue weighted by atomic mass is 10.1. The second kappa shape index (κ2) is 4.92. The number of aromatic nitrogens is 4. The van der Waals surface area contributed by atoms with Crippen LogP contribution >= 0.6 is 0 Å². The molecular weight excluding hydrogens is 256 g/mol. The number of anilines is 2. The number of rotatable bonds is 2. The smallest absolute Gasteiger partial charge is 0.259 e. The summed E-state index contributed by atoms with van der Waals surface area (Å²) < 4.78 is 1.86. The Morgan fingerprint density at radius 2 is 2.10 bits per heavy atom. The van der Waals surface area contributed by atoms with Gasteiger partial charge in [-0.05, 0) is 20.3 Å². The molecule has 0 fully saturated rings. The zero-order valence-electron chi connectivity index (χ0n) is 11.5. The topological polar surface area (TPSA) is 84.7 Å². The molecule has 0 spiro atoms. The molecule has 1 aliphatic heterocycles. The molecule has 20 heavy (non-hydrogen) atoms. The highest BCUT2D eigenvalue weighted by molar-refractivity contribution is 6.06. The molecule has 1 aliphatic rings. The molecule has 7 nitrogen and oxygen atoms in total. The summed E-state index contributed by atoms with van der Waals surface area (Å²) in [4.78, 5) is 20.5. The minimum absolute atomic E-state index is 0.205. The Kier molecular flexibility index (Phi) is 3.09. The Morgan fingerprint density at radius 3 is 2.85 bits per heavy atom. The van der Waals surface area contributed by atoms with E-state index in [-0.39, 0.29) is 5.91 Å². The van der Waals surface area contributed by atoms with Gasteiger partial charge in [0.05, 0.1) is 23.1 Å². The van der Waals surface area contributed by atoms with Crippen molar-refractivity contribution in [2.75, 3.05) is 17.2 Å². The summed E-state index contributed by atoms with van der Waals surface area (Å²) in [5.74, 6) is 0.653. The van der Waals surface area contributed by atoms with Crippen LogP contribution in [0, 0.1) is 13.8 Å². The summed E-state index contributed by atoms with van der Waals surface area (Å²) in [6, 6.07) is 0. The number of hydrogen-bond acceptors (Lipinski definition) is 5. The van der Waals surface area contributed by atoms with E-state index < -0.39 is 0 Å². The molecule has 0 atom stereocenters. The van der Waals surface area contributed by atoms with Gasteiger partial charge in [0, 0.05) is 13.1 Å². The van der Waals surface area contributed by atoms with Crippen molar-refractivity contribution in [3.63, 3.8) is 0 Å². The molecule has 0 radical (unpaired) electrons. The van der Waals surface area contributed by atoms with Crippen molar-refractivity contribution in [3.05, 3.63) is 29.5 Å². The standard InChI is InChI=1S/C13H16N6O/c1-8-11(9(2)16-7-15-8)13(20)18-10-6-17-19-5-3-4-14-12(10)19/h6-7,14H,3-5H2,1-2H3,(H,18,20). The summed E-state index contributed by atoms with van der Waals surface area (Å²) in [5, 5.41) is 10.4. The summed E-state index contributed by atoms with van der Waals surface area (Å²) >= 11 is 0. The van der Waals surface area contributed by atoms with Crippen LogP contribution in [0.25, 0.3) is 0 Å². The molecule has 3 heterocycles. The fourth-order valence-corrected chi connectivity index (χ4v) is 2.37. The van der Waals surface area contributed by atoms with Crippen molar-refractivity contribution < 1.29 is 4.79 Å². The number of carbonyl (C=O) groups is 1. The lowest BCUT2D eigenvalue weighted by Crippen LogP contribution is -2.20. The number of fused-ring (bicyclic) bond motifs is 1. The van der Waals surface area contributed by atoms with E-state index in [1.54, 1.807) is 20.0 Å². The third-order valence-electron chi connectivity index (χ3n) is 3.38. The molecular formula is C13H16N6O. The van der Waals surface area contributed by atoms with Gasteiger partial charge in [-0.25, -0.2) is 14.6 Å². The second-order valence-electron chi connectivity index (χ2n) is 4.78. The molecule has 3 rings (SSSR count). The molecule has 104 valence electrons. The predicted octanol–water partition coefficient (Wildman–Crippen LogP) is 1.36. The minimum atomic E-state index is -0.205. The highest BCUT2D eigenvalue weighted by Gasteiger charge is 2.19. The van der Waals surface area contributed by atoms with Crippen LogP contribution in [-0.4, -0.2) is 32.2 Å². The van der Waals surface area contributed by atoms with E-state index in [9.17, 15) is 4.79 Å². The molecule has 0 unspecified atom stereocenters. The largest absolute Gasteiger partial charge is 0.368 e. The van der Waals surface area contributed by atoms with Crippen molar-refractivity contribution in [1.29, 1.82) is 0 Å². The quantitative estimate of drug-likeness (QED) is 0.862. The van der Waals surface area contributed by atoms with Crippen LogP contribution in [0.3, 0.4) is 0 Å². The van der Waals surface area contributed by atoms with Gasteiger partial charge in [0.15, 0.2) is 0 Å². The molecule has 2 aromatic rings. The van der Waals surface area contributed by atoms with Gasteiger partial charge in [0.2, 0.25) is 0 Å². The maximum Gasteiger partial charge on any atom is 0.259 e. The molecule has 1 amide bonds. The Bertz CT molecular complexity index is 643. The zero-order chi connectivity index (χ0) is 14.1. The number of nitrogens with one attached hydrogen (secondary N) is 2. The summed E-state index contributed by atoms with van der Waals surface area (Å²) in [6.07, 6.45) is 4.16. The Morgan fingerprint density at radius 1 is 1.35 bits per heavy atom. The van der Waals surface area contributed by atoms with Crippen LogP contribution in [0.4, 0.5) is 11.5 Å². The SMILES string of the molecule is Cc1ncnc(C)c1C(=O)Nc1cnn2c1NCCC2. The van der Waals surface area contributed by atoms with Gasteiger partial charge < -0.3 is 10.6 Å². The normalized spacial score (nSPS) is 13.5. The van der Waals surface area contributed by atoms with E-state index in [0.29, 0.717) is 22.6 Å². The van der Waals surface area contributed by atoms with Gasteiger partial charge in [-0.3, -0.25) is 4.79 Å². The molecule has 2 aromatic heterocycles. The van der Waals surface area contributed by atoms with E-state index in [1.165, 1.54) is 6.33 Å². The van der Waals surface area contributed by atoms with Crippen LogP contribution in [0.2, 0.25) is 0 Å². The minimum Gasteiger partial charge on any atom is -0.368 e. The van der Waals surface area contributed by atoms with Gasteiger partial charge in [-0.2, -0.15) is 5.10 Å². The first-order chi connectivity index (χ1) is 9.66. The van der Waals surface area contributed by atoms with Crippen molar-refractivity contribution in [2.24, 2.45) is 0 Å². The predicted molar refractivity (Wildman–Crippen MR) is 74.8 cm³/mol. The molecule has 0 saturated carbocycles. The van der Waals surface area contributed by atoms with Crippen molar-refractivity contribution in [2.45, 2.75) is 26.8 Å². The molecule has 2 N–H and O–H groups in total. The van der Waals surface area contributed by atoms with E-state index in [4.69, 9.17) is 0 Å². The monoisotopic (exact) mass is 272 g/mol. The lowest BCUT2D eigenvalue weighted by Gasteiger charge is -2.17. The van der Waals surface area contributed by atoms with Crippen LogP contribution < -0.4 is 10.6 Å². The number of carbonyl (C=O) groups excluding carboxylic acids is 1. The third kappa shape index (κ3) is 2.11. The highest BCUT2D eigenvalue weighted by atomic mass is 16.1. The van der Waals surface area contributed by atoms with Gasteiger partial charge >= 0.3 is 0 Å². The van der Waals surface area contributed by atoms with E-state index >= 15 is 0 Å². The molecule has 0 aliphatic carbocycles. The fraction of sp³-hybridized carbons (Fsp3) is 0.385. The Labute approximate surface area is 116 Å². The van der Waals surface area contributed by atoms with Crippen molar-refractivity contribution in [1.82, 2.24) is 19.7 Å². The highest BCUT2D eigenvalue weighted by Crippen LogP contribution is 2.25. The first-order valence-corrected chi connectivity index (χ1v) is 6.56. The van der Waals surface area contributed by atoms with Crippen LogP contribution in [-0.2, 0) is 6.54 Å². The van der Waals surface area contributed by atoms with Crippen LogP contribution in [0.5, 0.6) is 0 Å². The van der Waals surface area contributed by atoms with E-state index in [2.05, 4.69) is 25.7 Å². The number of hydrogen-bond donors (Lipinski definition) is 2. The average Bonchev–Trinajstić information content (AvgIpc) is 2.82. The summed E-state index contributed by atoms with van der Waals surface area (Å²) in [7, 11) is 0. The summed E-state index contributed by atoms with van der Waals surface area (Å²) in [6.45, 7) is 5.36. The van der Waals surface area contributed by atoms with E-state index in [0.717, 1.165) is 25.3 Å². The summed E-state index contributed by atoms with van der Waals surface area (Å²) in [5.41, 5.74) is 2.55. The molecule has 0 bridgehead atoms. The average molecular weight is 272 g/mol. The van der Waals surface area contributed by atoms with Gasteiger partial charge in [0.1, 0.15) is 17.8 Å². The molecule has 7 heteroatoms. The van der Waals surface area contributed by atoms with Crippen molar-refractivity contribution >= 4 is 17.4 Å². The number of aryl methyl sites for hydroxylation is 3. The van der Waals surface area contributed by atoms with E-state index in [1.807, 2.05) is 4.68 Å². The Hall–Kier alpha value is -2.44. The second-order valence-corrected chi connectivity index (χ2v) is 4.78. The number of nitrogens with zero attached hydrogens (tertiary/aromatic N) is 4. The maximum absolute atomic E-state index is 12.4. The zero-order valence-corrected chi connectivity index (χ0v) is 11.5. The molecule has 0 aromatic carbocycles. The van der Waals surface area contributed by atoms with Gasteiger partial charge in [0.25, 0.3) is 5.91 Å². The third-order valence-corrected chi connectivity index (χ3v) is 3.38. The van der Waals surface area contributed by atoms with Crippen molar-refractivity contribution in [3.8, 4) is 0 Å². The fourth-order valence-electron chi connectivity index (χ4n) is 2.37. The first kappa shape index (κ1) is 12.6. The van der Waals surface area contributed by atoms with Gasteiger partial charge in [-0.1, -0.05) is 0 Å². The maximum atomic E-state index is 12.4. The van der Waals surface area contributed by atoms with Crippen LogP contribution in [0.1, 0.15) is 28.2 Å². The first-order valence-electron chi connectivity index (χ1n) is 6.56. The Balaban J connectivity index is 1.88. The lowest BCUT2D eigenvalue weighted by molar-refractivity contribution is 0.102. The number of amides is 1. The van der Waals surface area contributed by atoms with Gasteiger partial charge in [-0.15, -0.1) is 0 Å². The van der Waals surface area contributed by atoms with Crippen LogP contribution in [0.15, 0.2) is 12.5 Å².